The minimum atomic E-state index is -2.50. The summed E-state index contributed by atoms with van der Waals surface area (Å²) in [7, 11) is 0. The van der Waals surface area contributed by atoms with Crippen LogP contribution in [-0.4, -0.2) is 3.21 Å². The van der Waals surface area contributed by atoms with Crippen molar-refractivity contribution in [1.82, 2.24) is 0 Å². The molecule has 1 saturated carbocycles. The molecule has 0 unspecified atom stereocenters. The Morgan fingerprint density at radius 3 is 1.59 bits per heavy atom. The van der Waals surface area contributed by atoms with Crippen LogP contribution < -0.4 is 24.8 Å². The second-order valence-electron chi connectivity index (χ2n) is 15.5. The Balaban J connectivity index is 0.00000221. The van der Waals surface area contributed by atoms with Gasteiger partial charge in [0.15, 0.2) is 0 Å². The molecule has 3 aliphatic carbocycles. The third kappa shape index (κ3) is 6.78. The molecular formula is C41H50Cl2Zr. The molecule has 0 bridgehead atoms. The summed E-state index contributed by atoms with van der Waals surface area (Å²) in [5, 5.41) is 0. The Morgan fingerprint density at radius 1 is 0.682 bits per heavy atom. The number of allylic oxidation sites excluding steroid dienone is 4. The molecule has 3 aromatic carbocycles. The van der Waals surface area contributed by atoms with E-state index in [1.807, 2.05) is 3.21 Å². The van der Waals surface area contributed by atoms with Gasteiger partial charge in [0.05, 0.1) is 0 Å². The van der Waals surface area contributed by atoms with E-state index in [4.69, 9.17) is 0 Å². The van der Waals surface area contributed by atoms with E-state index < -0.39 is 21.3 Å². The first-order chi connectivity index (χ1) is 19.9. The first-order valence-electron chi connectivity index (χ1n) is 16.4. The fourth-order valence-corrected chi connectivity index (χ4v) is 17.7. The van der Waals surface area contributed by atoms with Gasteiger partial charge in [-0.15, -0.1) is 0 Å². The Bertz CT molecular complexity index is 1490. The van der Waals surface area contributed by atoms with Gasteiger partial charge in [-0.1, -0.05) is 0 Å². The van der Waals surface area contributed by atoms with Crippen molar-refractivity contribution < 1.29 is 46.1 Å². The van der Waals surface area contributed by atoms with Gasteiger partial charge in [-0.05, 0) is 0 Å². The molecule has 0 spiro atoms. The van der Waals surface area contributed by atoms with Gasteiger partial charge in [0.2, 0.25) is 0 Å². The fraction of sp³-hybridized carbons (Fsp3) is 0.439. The van der Waals surface area contributed by atoms with Gasteiger partial charge >= 0.3 is 265 Å². The van der Waals surface area contributed by atoms with E-state index in [1.54, 1.807) is 16.7 Å². The first-order valence-corrected chi connectivity index (χ1v) is 20.5. The summed E-state index contributed by atoms with van der Waals surface area (Å²) in [5.74, 6) is 1.30. The number of hydrogen-bond donors (Lipinski definition) is 0. The van der Waals surface area contributed by atoms with Crippen molar-refractivity contribution in [2.24, 2.45) is 5.92 Å². The van der Waals surface area contributed by atoms with Crippen LogP contribution in [0.25, 0.3) is 11.1 Å². The molecule has 0 amide bonds. The third-order valence-corrected chi connectivity index (χ3v) is 19.1. The van der Waals surface area contributed by atoms with Crippen molar-refractivity contribution in [2.45, 2.75) is 105 Å². The van der Waals surface area contributed by atoms with Crippen LogP contribution in [0, 0.1) is 5.92 Å². The number of fused-ring (bicyclic) bond motifs is 3. The maximum Gasteiger partial charge on any atom is -1.00 e. The Hall–Kier alpha value is -1.53. The number of benzene rings is 3. The predicted octanol–water partition coefficient (Wildman–Crippen LogP) is 5.43. The topological polar surface area (TPSA) is 0 Å². The molecule has 3 aromatic rings. The monoisotopic (exact) mass is 702 g/mol. The molecule has 0 atom stereocenters. The first kappa shape index (κ1) is 35.3. The molecule has 0 nitrogen and oxygen atoms in total. The summed E-state index contributed by atoms with van der Waals surface area (Å²) < 4.78 is 3.02. The molecule has 6 rings (SSSR count). The van der Waals surface area contributed by atoms with E-state index in [1.165, 1.54) is 53.5 Å². The number of halogens is 2. The minimum absolute atomic E-state index is 0. The molecule has 3 aliphatic rings. The largest absolute Gasteiger partial charge is 1.00 e. The van der Waals surface area contributed by atoms with Gasteiger partial charge in [0, 0.05) is 0 Å². The van der Waals surface area contributed by atoms with E-state index >= 15 is 0 Å². The zero-order valence-corrected chi connectivity index (χ0v) is 31.9. The third-order valence-electron chi connectivity index (χ3n) is 10.1. The second-order valence-corrected chi connectivity index (χ2v) is 22.1. The molecular weight excluding hydrogens is 655 g/mol. The summed E-state index contributed by atoms with van der Waals surface area (Å²) in [6, 6.07) is 24.9. The molecule has 3 heteroatoms. The Kier molecular flexibility index (Phi) is 11.0. The summed E-state index contributed by atoms with van der Waals surface area (Å²) in [4.78, 5) is 0. The number of rotatable bonds is 5. The van der Waals surface area contributed by atoms with E-state index in [0.717, 1.165) is 5.92 Å². The normalized spacial score (nSPS) is 17.0. The molecule has 0 aromatic heterocycles. The van der Waals surface area contributed by atoms with Crippen molar-refractivity contribution in [3.63, 3.8) is 0 Å². The standard InChI is InChI=1S/C21H25.C15H20.C5H5.2ClH.Zr/c1-20(2,3)16-7-9-18-14(12-16)11-15-13-17(21(4,5)6)8-10-19(15)18;1-12(2)15-9-7-14(8-10-15)11-13-5-3-4-6-13;1-2-4-5-3-1;;;/h7-13H,1-6H3;7-10,12-13H,3-6H2,1-2H3;1-5H;2*1H;/q;;;;;+2/p-2. The molecule has 44 heavy (non-hydrogen) atoms. The van der Waals surface area contributed by atoms with E-state index in [0.29, 0.717) is 13.2 Å². The Morgan fingerprint density at radius 2 is 1.16 bits per heavy atom. The van der Waals surface area contributed by atoms with Crippen molar-refractivity contribution in [2.75, 3.05) is 0 Å². The van der Waals surface area contributed by atoms with Gasteiger partial charge in [-0.3, -0.25) is 0 Å². The molecule has 0 saturated heterocycles. The average molecular weight is 705 g/mol. The van der Waals surface area contributed by atoms with Crippen LogP contribution in [0.2, 0.25) is 3.63 Å². The minimum Gasteiger partial charge on any atom is -1.00 e. The molecule has 232 valence electrons. The Labute approximate surface area is 287 Å². The van der Waals surface area contributed by atoms with Gasteiger partial charge < -0.3 is 24.8 Å². The molecule has 0 radical (unpaired) electrons. The van der Waals surface area contributed by atoms with Gasteiger partial charge in [0.1, 0.15) is 0 Å². The maximum absolute atomic E-state index is 2.63. The van der Waals surface area contributed by atoms with Crippen molar-refractivity contribution >= 4 is 3.21 Å². The smallest absolute Gasteiger partial charge is 1.00 e. The average Bonchev–Trinajstić information content (AvgIpc) is 3.71. The quantitative estimate of drug-likeness (QED) is 0.333. The summed E-state index contributed by atoms with van der Waals surface area (Å²) >= 11 is -2.50. The van der Waals surface area contributed by atoms with Crippen molar-refractivity contribution in [3.8, 4) is 11.1 Å². The van der Waals surface area contributed by atoms with E-state index in [2.05, 4.69) is 140 Å². The molecule has 1 fully saturated rings. The molecule has 0 N–H and O–H groups in total. The summed E-state index contributed by atoms with van der Waals surface area (Å²) in [6.07, 6.45) is 15.3. The maximum atomic E-state index is 2.63. The number of hydrogen-bond acceptors (Lipinski definition) is 0. The van der Waals surface area contributed by atoms with Crippen LogP contribution >= 0.6 is 0 Å². The van der Waals surface area contributed by atoms with Crippen molar-refractivity contribution in [3.05, 3.63) is 118 Å². The van der Waals surface area contributed by atoms with E-state index in [-0.39, 0.29) is 35.6 Å². The SMILES string of the molecule is CC(C)c1ccc([C](C2CCCC2)=[Zr+2]([CH]2C=CC=C2)[CH]2c3cc(C(C)(C)C)ccc3-c3ccc(C(C)(C)C)cc32)cc1.[Cl-].[Cl-]. The van der Waals surface area contributed by atoms with Crippen molar-refractivity contribution in [1.29, 1.82) is 0 Å². The van der Waals surface area contributed by atoms with Crippen LogP contribution in [0.5, 0.6) is 0 Å². The zero-order valence-electron chi connectivity index (χ0n) is 28.0. The second kappa shape index (κ2) is 13.7. The van der Waals surface area contributed by atoms with Gasteiger partial charge in [-0.2, -0.15) is 0 Å². The molecule has 0 heterocycles. The van der Waals surface area contributed by atoms with Gasteiger partial charge in [0.25, 0.3) is 0 Å². The van der Waals surface area contributed by atoms with Crippen LogP contribution in [0.3, 0.4) is 0 Å². The predicted molar refractivity (Wildman–Crippen MR) is 180 cm³/mol. The van der Waals surface area contributed by atoms with Crippen LogP contribution in [0.15, 0.2) is 85.0 Å². The summed E-state index contributed by atoms with van der Waals surface area (Å²) in [6.45, 7) is 18.9. The zero-order chi connectivity index (χ0) is 29.8. The molecule has 0 aliphatic heterocycles. The van der Waals surface area contributed by atoms with Gasteiger partial charge in [-0.25, -0.2) is 0 Å². The fourth-order valence-electron chi connectivity index (χ4n) is 7.60. The van der Waals surface area contributed by atoms with E-state index in [9.17, 15) is 0 Å². The summed E-state index contributed by atoms with van der Waals surface area (Å²) in [5.41, 5.74) is 12.5. The van der Waals surface area contributed by atoms with Crippen LogP contribution in [0.1, 0.15) is 124 Å². The van der Waals surface area contributed by atoms with Crippen LogP contribution in [-0.2, 0) is 32.1 Å². The van der Waals surface area contributed by atoms with Crippen LogP contribution in [0.4, 0.5) is 0 Å².